The highest BCUT2D eigenvalue weighted by atomic mass is 31.2. The van der Waals surface area contributed by atoms with Gasteiger partial charge in [-0.1, -0.05) is 51.0 Å². The number of hydrogen-bond donors (Lipinski definition) is 2. The number of carbonyl (C=O) groups excluding carboxylic acids is 1. The summed E-state index contributed by atoms with van der Waals surface area (Å²) in [6.07, 6.45) is 5.10. The fourth-order valence-corrected chi connectivity index (χ4v) is 5.06. The van der Waals surface area contributed by atoms with E-state index in [2.05, 4.69) is 6.92 Å². The zero-order valence-corrected chi connectivity index (χ0v) is 18.3. The van der Waals surface area contributed by atoms with Gasteiger partial charge in [0.2, 0.25) is 0 Å². The first-order valence-corrected chi connectivity index (χ1v) is 11.7. The van der Waals surface area contributed by atoms with Crippen LogP contribution in [0.2, 0.25) is 0 Å². The predicted octanol–water partition coefficient (Wildman–Crippen LogP) is 5.18. The van der Waals surface area contributed by atoms with E-state index in [0.717, 1.165) is 36.0 Å². The van der Waals surface area contributed by atoms with Crippen LogP contribution in [-0.2, 0) is 11.0 Å². The van der Waals surface area contributed by atoms with Crippen molar-refractivity contribution >= 4 is 18.2 Å². The second-order valence-corrected chi connectivity index (χ2v) is 9.63. The molecule has 0 bridgehead atoms. The number of rotatable bonds is 9. The van der Waals surface area contributed by atoms with Crippen LogP contribution in [0, 0.1) is 13.8 Å². The molecule has 0 aromatic heterocycles. The van der Waals surface area contributed by atoms with Crippen LogP contribution < -0.4 is 11.0 Å². The Morgan fingerprint density at radius 3 is 2.32 bits per heavy atom. The van der Waals surface area contributed by atoms with Gasteiger partial charge in [0.15, 0.2) is 0 Å². The molecule has 3 N–H and O–H groups in total. The average Bonchev–Trinajstić information content (AvgIpc) is 2.67. The van der Waals surface area contributed by atoms with Gasteiger partial charge in [0.05, 0.1) is 0 Å². The van der Waals surface area contributed by atoms with E-state index in [1.807, 2.05) is 39.0 Å². The van der Waals surface area contributed by atoms with Gasteiger partial charge >= 0.3 is 0 Å². The van der Waals surface area contributed by atoms with Crippen LogP contribution in [0.5, 0.6) is 0 Å². The molecule has 0 aliphatic rings. The molecule has 2 aromatic rings. The standard InChI is InChI=1S/C23H32NO3P/c1-5-7-8-10-18-13-16(3)22(17(4)14-18)23(25)28(26,27)20-12-9-11-19(15-20)21(24)6-2/h9,11-15,21H,5-8,10,24H2,1-4H3,(H,26,27). The smallest absolute Gasteiger partial charge is 0.298 e. The highest BCUT2D eigenvalue weighted by Crippen LogP contribution is 2.45. The summed E-state index contributed by atoms with van der Waals surface area (Å²) in [6, 6.07) is 10.4. The molecule has 0 heterocycles. The van der Waals surface area contributed by atoms with Gasteiger partial charge in [0.1, 0.15) is 0 Å². The number of aryl methyl sites for hydroxylation is 3. The number of carbonyl (C=O) groups is 1. The molecule has 0 aliphatic carbocycles. The summed E-state index contributed by atoms with van der Waals surface area (Å²) in [4.78, 5) is 23.8. The molecule has 28 heavy (non-hydrogen) atoms. The van der Waals surface area contributed by atoms with Crippen molar-refractivity contribution in [3.8, 4) is 0 Å². The van der Waals surface area contributed by atoms with Crippen molar-refractivity contribution in [1.29, 1.82) is 0 Å². The predicted molar refractivity (Wildman–Crippen MR) is 117 cm³/mol. The fourth-order valence-electron chi connectivity index (χ4n) is 3.56. The lowest BCUT2D eigenvalue weighted by Gasteiger charge is -2.17. The van der Waals surface area contributed by atoms with Crippen molar-refractivity contribution in [3.63, 3.8) is 0 Å². The highest BCUT2D eigenvalue weighted by molar-refractivity contribution is 7.82. The normalized spacial score (nSPS) is 14.5. The van der Waals surface area contributed by atoms with E-state index >= 15 is 0 Å². The molecule has 0 spiro atoms. The lowest BCUT2D eigenvalue weighted by atomic mass is 9.97. The minimum absolute atomic E-state index is 0.143. The quantitative estimate of drug-likeness (QED) is 0.448. The first kappa shape index (κ1) is 22.5. The Labute approximate surface area is 168 Å². The third-order valence-corrected chi connectivity index (χ3v) is 6.99. The molecule has 2 atom stereocenters. The van der Waals surface area contributed by atoms with Crippen LogP contribution in [0.15, 0.2) is 36.4 Å². The summed E-state index contributed by atoms with van der Waals surface area (Å²) in [5.41, 5.74) is 9.15. The van der Waals surface area contributed by atoms with Gasteiger partial charge in [-0.3, -0.25) is 9.36 Å². The van der Waals surface area contributed by atoms with Gasteiger partial charge in [-0.15, -0.1) is 0 Å². The van der Waals surface area contributed by atoms with Crippen molar-refractivity contribution < 1.29 is 14.3 Å². The molecule has 5 heteroatoms. The van der Waals surface area contributed by atoms with Crippen molar-refractivity contribution in [2.75, 3.05) is 0 Å². The molecule has 2 rings (SSSR count). The first-order chi connectivity index (χ1) is 13.2. The van der Waals surface area contributed by atoms with E-state index in [1.165, 1.54) is 18.1 Å². The van der Waals surface area contributed by atoms with Crippen LogP contribution in [-0.4, -0.2) is 10.4 Å². The van der Waals surface area contributed by atoms with E-state index in [9.17, 15) is 14.3 Å². The molecule has 152 valence electrons. The zero-order valence-electron chi connectivity index (χ0n) is 17.4. The molecular weight excluding hydrogens is 369 g/mol. The van der Waals surface area contributed by atoms with E-state index in [4.69, 9.17) is 5.73 Å². The maximum absolute atomic E-state index is 13.1. The number of unbranched alkanes of at least 4 members (excludes halogenated alkanes) is 2. The van der Waals surface area contributed by atoms with Gasteiger partial charge in [-0.2, -0.15) is 0 Å². The summed E-state index contributed by atoms with van der Waals surface area (Å²) in [7, 11) is -4.22. The summed E-state index contributed by atoms with van der Waals surface area (Å²) in [5.74, 6) is 0. The topological polar surface area (TPSA) is 80.4 Å². The Kier molecular flexibility index (Phi) is 7.77. The van der Waals surface area contributed by atoms with E-state index < -0.39 is 12.9 Å². The molecule has 0 saturated heterocycles. The van der Waals surface area contributed by atoms with Crippen molar-refractivity contribution in [1.82, 2.24) is 0 Å². The van der Waals surface area contributed by atoms with Crippen molar-refractivity contribution in [3.05, 3.63) is 64.2 Å². The Morgan fingerprint density at radius 1 is 1.11 bits per heavy atom. The minimum atomic E-state index is -4.22. The summed E-state index contributed by atoms with van der Waals surface area (Å²) < 4.78 is 13.1. The lowest BCUT2D eigenvalue weighted by Crippen LogP contribution is -2.17. The Morgan fingerprint density at radius 2 is 1.75 bits per heavy atom. The van der Waals surface area contributed by atoms with E-state index in [-0.39, 0.29) is 11.3 Å². The van der Waals surface area contributed by atoms with Crippen LogP contribution >= 0.6 is 7.37 Å². The summed E-state index contributed by atoms with van der Waals surface area (Å²) in [5, 5.41) is 0.143. The second kappa shape index (κ2) is 9.65. The van der Waals surface area contributed by atoms with Gasteiger partial charge in [0, 0.05) is 16.9 Å². The number of benzene rings is 2. The Balaban J connectivity index is 2.38. The van der Waals surface area contributed by atoms with E-state index in [0.29, 0.717) is 12.0 Å². The molecule has 0 radical (unpaired) electrons. The molecular formula is C23H32NO3P. The monoisotopic (exact) mass is 401 g/mol. The van der Waals surface area contributed by atoms with Crippen LogP contribution in [0.3, 0.4) is 0 Å². The third-order valence-electron chi connectivity index (χ3n) is 5.24. The second-order valence-electron chi connectivity index (χ2n) is 7.55. The van der Waals surface area contributed by atoms with Gasteiger partial charge in [0.25, 0.3) is 12.9 Å². The molecule has 0 amide bonds. The molecule has 2 aromatic carbocycles. The molecule has 2 unspecified atom stereocenters. The van der Waals surface area contributed by atoms with Crippen LogP contribution in [0.1, 0.15) is 78.2 Å². The largest absolute Gasteiger partial charge is 0.336 e. The van der Waals surface area contributed by atoms with Gasteiger partial charge in [-0.25, -0.2) is 0 Å². The van der Waals surface area contributed by atoms with Crippen LogP contribution in [0.4, 0.5) is 0 Å². The first-order valence-electron chi connectivity index (χ1n) is 10.1. The molecule has 0 fully saturated rings. The lowest BCUT2D eigenvalue weighted by molar-refractivity contribution is 0.106. The number of nitrogens with two attached hydrogens (primary N) is 1. The Bertz CT molecular complexity index is 868. The highest BCUT2D eigenvalue weighted by Gasteiger charge is 2.34. The van der Waals surface area contributed by atoms with Crippen molar-refractivity contribution in [2.45, 2.75) is 65.8 Å². The average molecular weight is 401 g/mol. The summed E-state index contributed by atoms with van der Waals surface area (Å²) >= 11 is 0. The maximum atomic E-state index is 13.1. The van der Waals surface area contributed by atoms with Gasteiger partial charge < -0.3 is 10.6 Å². The maximum Gasteiger partial charge on any atom is 0.298 e. The molecule has 4 nitrogen and oxygen atoms in total. The van der Waals surface area contributed by atoms with E-state index in [1.54, 1.807) is 12.1 Å². The number of hydrogen-bond acceptors (Lipinski definition) is 3. The van der Waals surface area contributed by atoms with Gasteiger partial charge in [-0.05, 0) is 67.5 Å². The third kappa shape index (κ3) is 5.00. The van der Waals surface area contributed by atoms with Crippen molar-refractivity contribution in [2.24, 2.45) is 5.73 Å². The minimum Gasteiger partial charge on any atom is -0.336 e. The SMILES string of the molecule is CCCCCc1cc(C)c(C(=O)P(=O)(O)c2cccc(C(N)CC)c2)c(C)c1. The fraction of sp³-hybridized carbons (Fsp3) is 0.435. The van der Waals surface area contributed by atoms with Crippen LogP contribution in [0.25, 0.3) is 0 Å². The Hall–Kier alpha value is -1.74. The zero-order chi connectivity index (χ0) is 20.9. The molecule has 0 saturated carbocycles. The summed E-state index contributed by atoms with van der Waals surface area (Å²) in [6.45, 7) is 7.80. The molecule has 0 aliphatic heterocycles.